The fourth-order valence-electron chi connectivity index (χ4n) is 2.15. The predicted molar refractivity (Wildman–Crippen MR) is 96.9 cm³/mol. The van der Waals surface area contributed by atoms with Crippen molar-refractivity contribution in [3.8, 4) is 0 Å². The van der Waals surface area contributed by atoms with Crippen molar-refractivity contribution in [3.05, 3.63) is 36.4 Å². The Morgan fingerprint density at radius 2 is 1.48 bits per heavy atom. The van der Waals surface area contributed by atoms with E-state index in [9.17, 15) is 9.59 Å². The molecule has 0 aliphatic carbocycles. The molecule has 1 saturated heterocycles. The minimum absolute atomic E-state index is 0.0284. The van der Waals surface area contributed by atoms with Crippen LogP contribution >= 0.6 is 11.8 Å². The van der Waals surface area contributed by atoms with Gasteiger partial charge in [-0.05, 0) is 12.8 Å². The quantitative estimate of drug-likeness (QED) is 0.914. The molecule has 1 aromatic carbocycles. The number of benzene rings is 1. The first kappa shape index (κ1) is 19.7. The summed E-state index contributed by atoms with van der Waals surface area (Å²) in [6.07, 6.45) is 4.80. The van der Waals surface area contributed by atoms with Crippen LogP contribution in [-0.2, 0) is 9.59 Å². The lowest BCUT2D eigenvalue weighted by atomic mass is 10.2. The molecule has 23 heavy (non-hydrogen) atoms. The molecule has 1 fully saturated rings. The first-order valence-electron chi connectivity index (χ1n) is 8.28. The molecule has 1 aromatic rings. The Bertz CT molecular complexity index is 419. The smallest absolute Gasteiger partial charge is 0.237 e. The molecule has 0 saturated carbocycles. The number of rotatable bonds is 4. The van der Waals surface area contributed by atoms with E-state index in [4.69, 9.17) is 0 Å². The van der Waals surface area contributed by atoms with E-state index in [-0.39, 0.29) is 16.9 Å². The zero-order valence-corrected chi connectivity index (χ0v) is 15.0. The van der Waals surface area contributed by atoms with Crippen molar-refractivity contribution >= 4 is 22.8 Å². The summed E-state index contributed by atoms with van der Waals surface area (Å²) in [5.41, 5.74) is 2.95. The van der Waals surface area contributed by atoms with E-state index in [1.807, 2.05) is 48.3 Å². The predicted octanol–water partition coefficient (Wildman–Crippen LogP) is 3.50. The molecule has 0 aromatic heterocycles. The number of amides is 1. The van der Waals surface area contributed by atoms with E-state index < -0.39 is 0 Å². The summed E-state index contributed by atoms with van der Waals surface area (Å²) in [4.78, 5) is 22.7. The molecule has 1 aliphatic rings. The van der Waals surface area contributed by atoms with Gasteiger partial charge in [-0.25, -0.2) is 5.01 Å². The number of carbonyl (C=O) groups excluding carboxylic acids is 2. The monoisotopic (exact) mass is 336 g/mol. The molecular formula is C18H28N2O2S. The summed E-state index contributed by atoms with van der Waals surface area (Å²) in [7, 11) is 0. The van der Waals surface area contributed by atoms with E-state index in [1.165, 1.54) is 31.5 Å². The molecule has 2 rings (SSSR count). The van der Waals surface area contributed by atoms with Gasteiger partial charge in [-0.2, -0.15) is 0 Å². The van der Waals surface area contributed by atoms with E-state index in [0.717, 1.165) is 25.9 Å². The largest absolute Gasteiger partial charge is 0.289 e. The number of hydrogen-bond acceptors (Lipinski definition) is 4. The molecule has 128 valence electrons. The highest BCUT2D eigenvalue weighted by Crippen LogP contribution is 2.11. The standard InChI is InChI=1S/C12H22N2O2S.C6H6/c1-10(9-17-11(2)15)12(16)13-14-7-5-3-4-6-8-14;1-2-4-6-5-3-1/h10H,3-9H2,1-2H3,(H,13,16);1-6H. The average molecular weight is 337 g/mol. The lowest BCUT2D eigenvalue weighted by Crippen LogP contribution is -2.45. The Labute approximate surface area is 144 Å². The van der Waals surface area contributed by atoms with Gasteiger partial charge in [0.25, 0.3) is 0 Å². The van der Waals surface area contributed by atoms with Crippen LogP contribution in [0.5, 0.6) is 0 Å². The third kappa shape index (κ3) is 10.1. The Morgan fingerprint density at radius 3 is 1.91 bits per heavy atom. The highest BCUT2D eigenvalue weighted by atomic mass is 32.2. The number of hydrogen-bond donors (Lipinski definition) is 1. The molecule has 1 aliphatic heterocycles. The summed E-state index contributed by atoms with van der Waals surface area (Å²) in [6.45, 7) is 5.28. The Morgan fingerprint density at radius 1 is 1.00 bits per heavy atom. The van der Waals surface area contributed by atoms with Gasteiger partial charge in [-0.1, -0.05) is 67.9 Å². The van der Waals surface area contributed by atoms with Crippen LogP contribution < -0.4 is 5.43 Å². The van der Waals surface area contributed by atoms with E-state index in [1.54, 1.807) is 0 Å². The molecule has 0 radical (unpaired) electrons. The Balaban J connectivity index is 0.000000366. The Hall–Kier alpha value is -1.33. The maximum Gasteiger partial charge on any atom is 0.237 e. The molecule has 1 unspecified atom stereocenters. The maximum atomic E-state index is 11.9. The Kier molecular flexibility index (Phi) is 10.4. The van der Waals surface area contributed by atoms with Crippen molar-refractivity contribution in [2.24, 2.45) is 5.92 Å². The van der Waals surface area contributed by atoms with Crippen LogP contribution in [0.4, 0.5) is 0 Å². The van der Waals surface area contributed by atoms with Gasteiger partial charge >= 0.3 is 0 Å². The van der Waals surface area contributed by atoms with Crippen LogP contribution in [0.3, 0.4) is 0 Å². The number of carbonyl (C=O) groups is 2. The van der Waals surface area contributed by atoms with Crippen LogP contribution in [0.25, 0.3) is 0 Å². The molecule has 1 heterocycles. The van der Waals surface area contributed by atoms with E-state index >= 15 is 0 Å². The van der Waals surface area contributed by atoms with Crippen LogP contribution in [-0.4, -0.2) is 34.9 Å². The fraction of sp³-hybridized carbons (Fsp3) is 0.556. The minimum atomic E-state index is -0.118. The molecule has 1 atom stereocenters. The van der Waals surface area contributed by atoms with Gasteiger partial charge in [0.2, 0.25) is 5.91 Å². The van der Waals surface area contributed by atoms with Gasteiger partial charge in [0.05, 0.1) is 0 Å². The third-order valence-corrected chi connectivity index (χ3v) is 4.60. The molecular weight excluding hydrogens is 308 g/mol. The zero-order chi connectivity index (χ0) is 16.9. The topological polar surface area (TPSA) is 49.4 Å². The van der Waals surface area contributed by atoms with Crippen LogP contribution in [0, 0.1) is 5.92 Å². The third-order valence-electron chi connectivity index (χ3n) is 3.53. The summed E-state index contributed by atoms with van der Waals surface area (Å²) >= 11 is 1.22. The first-order valence-corrected chi connectivity index (χ1v) is 9.27. The van der Waals surface area contributed by atoms with Gasteiger partial charge in [0, 0.05) is 31.7 Å². The van der Waals surface area contributed by atoms with E-state index in [0.29, 0.717) is 5.75 Å². The van der Waals surface area contributed by atoms with Crippen LogP contribution in [0.1, 0.15) is 39.5 Å². The highest BCUT2D eigenvalue weighted by Gasteiger charge is 2.17. The second kappa shape index (κ2) is 12.1. The van der Waals surface area contributed by atoms with Crippen LogP contribution in [0.15, 0.2) is 36.4 Å². The molecule has 1 amide bonds. The lowest BCUT2D eigenvalue weighted by molar-refractivity contribution is -0.128. The summed E-state index contributed by atoms with van der Waals surface area (Å²) in [6, 6.07) is 12.0. The van der Waals surface area contributed by atoms with Gasteiger partial charge in [-0.15, -0.1) is 0 Å². The minimum Gasteiger partial charge on any atom is -0.289 e. The summed E-state index contributed by atoms with van der Waals surface area (Å²) in [5, 5.41) is 2.09. The second-order valence-corrected chi connectivity index (χ2v) is 6.93. The van der Waals surface area contributed by atoms with E-state index in [2.05, 4.69) is 5.43 Å². The van der Waals surface area contributed by atoms with Gasteiger partial charge < -0.3 is 0 Å². The second-order valence-electron chi connectivity index (χ2n) is 5.74. The summed E-state index contributed by atoms with van der Waals surface area (Å²) in [5.74, 6) is 0.474. The van der Waals surface area contributed by atoms with Crippen molar-refractivity contribution in [2.75, 3.05) is 18.8 Å². The van der Waals surface area contributed by atoms with Gasteiger partial charge in [-0.3, -0.25) is 15.0 Å². The zero-order valence-electron chi connectivity index (χ0n) is 14.2. The van der Waals surface area contributed by atoms with Gasteiger partial charge in [0.1, 0.15) is 0 Å². The van der Waals surface area contributed by atoms with Crippen molar-refractivity contribution < 1.29 is 9.59 Å². The van der Waals surface area contributed by atoms with Crippen molar-refractivity contribution in [3.63, 3.8) is 0 Å². The highest BCUT2D eigenvalue weighted by molar-refractivity contribution is 8.13. The first-order chi connectivity index (χ1) is 11.1. The molecule has 0 spiro atoms. The van der Waals surface area contributed by atoms with Crippen LogP contribution in [0.2, 0.25) is 0 Å². The van der Waals surface area contributed by atoms with Crippen molar-refractivity contribution in [1.29, 1.82) is 0 Å². The molecule has 1 N–H and O–H groups in total. The maximum absolute atomic E-state index is 11.9. The number of thioether (sulfide) groups is 1. The fourth-order valence-corrected chi connectivity index (χ4v) is 2.79. The van der Waals surface area contributed by atoms with Gasteiger partial charge in [0.15, 0.2) is 5.12 Å². The average Bonchev–Trinajstić information content (AvgIpc) is 2.83. The molecule has 0 bridgehead atoms. The molecule has 5 heteroatoms. The SMILES string of the molecule is CC(=O)SCC(C)C(=O)NN1CCCCCC1.c1ccccc1. The number of hydrazine groups is 1. The van der Waals surface area contributed by atoms with Crippen molar-refractivity contribution in [2.45, 2.75) is 39.5 Å². The number of nitrogens with zero attached hydrogens (tertiary/aromatic N) is 1. The normalized spacial score (nSPS) is 16.4. The number of nitrogens with one attached hydrogen (secondary N) is 1. The molecule has 4 nitrogen and oxygen atoms in total. The van der Waals surface area contributed by atoms with Crippen molar-refractivity contribution in [1.82, 2.24) is 10.4 Å². The summed E-state index contributed by atoms with van der Waals surface area (Å²) < 4.78 is 0. The lowest BCUT2D eigenvalue weighted by Gasteiger charge is -2.22.